The van der Waals surface area contributed by atoms with Crippen LogP contribution in [0.3, 0.4) is 0 Å². The average Bonchev–Trinajstić information content (AvgIpc) is 2.75. The van der Waals surface area contributed by atoms with Crippen molar-refractivity contribution in [2.75, 3.05) is 0 Å². The smallest absolute Gasteiger partial charge is 0.134 e. The summed E-state index contributed by atoms with van der Waals surface area (Å²) in [7, 11) is 0. The molecule has 1 aromatic carbocycles. The number of aryl methyl sites for hydroxylation is 1. The summed E-state index contributed by atoms with van der Waals surface area (Å²) in [6.07, 6.45) is 3.54. The summed E-state index contributed by atoms with van der Waals surface area (Å²) in [6, 6.07) is 12.2. The zero-order valence-electron chi connectivity index (χ0n) is 8.97. The number of rotatable bonds is 1. The van der Waals surface area contributed by atoms with Gasteiger partial charge in [0.05, 0.1) is 12.0 Å². The van der Waals surface area contributed by atoms with E-state index in [-0.39, 0.29) is 0 Å². The van der Waals surface area contributed by atoms with Crippen LogP contribution in [0.25, 0.3) is 22.2 Å². The molecule has 0 N–H and O–H groups in total. The highest BCUT2D eigenvalue weighted by atomic mass is 16.3. The molecule has 0 atom stereocenters. The largest absolute Gasteiger partial charge is 0.464 e. The fraction of sp³-hybridized carbons (Fsp3) is 0.0714. The Balaban J connectivity index is 2.18. The number of hydrogen-bond acceptors (Lipinski definition) is 2. The molecule has 0 bridgehead atoms. The van der Waals surface area contributed by atoms with Crippen LogP contribution in [0, 0.1) is 6.92 Å². The van der Waals surface area contributed by atoms with Gasteiger partial charge in [-0.15, -0.1) is 0 Å². The second kappa shape index (κ2) is 3.49. The summed E-state index contributed by atoms with van der Waals surface area (Å²) in [5.41, 5.74) is 4.19. The lowest BCUT2D eigenvalue weighted by Crippen LogP contribution is -1.83. The lowest BCUT2D eigenvalue weighted by molar-refractivity contribution is 0.616. The maximum atomic E-state index is 5.38. The summed E-state index contributed by atoms with van der Waals surface area (Å²) in [5.74, 6) is 0. The van der Waals surface area contributed by atoms with Crippen molar-refractivity contribution in [1.82, 2.24) is 4.98 Å². The molecule has 3 aromatic rings. The van der Waals surface area contributed by atoms with Crippen molar-refractivity contribution >= 4 is 11.0 Å². The number of aromatic nitrogens is 1. The Morgan fingerprint density at radius 3 is 2.88 bits per heavy atom. The topological polar surface area (TPSA) is 26.0 Å². The van der Waals surface area contributed by atoms with E-state index in [0.29, 0.717) is 0 Å². The van der Waals surface area contributed by atoms with Crippen LogP contribution in [0.5, 0.6) is 0 Å². The Morgan fingerprint density at radius 2 is 2.00 bits per heavy atom. The predicted molar refractivity (Wildman–Crippen MR) is 64.2 cm³/mol. The molecule has 0 aliphatic carbocycles. The summed E-state index contributed by atoms with van der Waals surface area (Å²) in [4.78, 5) is 4.36. The number of nitrogens with zero attached hydrogens (tertiary/aromatic N) is 1. The summed E-state index contributed by atoms with van der Waals surface area (Å²) in [5, 5.41) is 1.12. The van der Waals surface area contributed by atoms with Crippen LogP contribution >= 0.6 is 0 Å². The van der Waals surface area contributed by atoms with Gasteiger partial charge in [0.2, 0.25) is 0 Å². The molecular weight excluding hydrogens is 198 g/mol. The molecular formula is C14H11NO. The van der Waals surface area contributed by atoms with Crippen LogP contribution in [0.15, 0.2) is 53.3 Å². The first-order valence-electron chi connectivity index (χ1n) is 5.23. The van der Waals surface area contributed by atoms with Crippen LogP contribution in [0.2, 0.25) is 0 Å². The highest BCUT2D eigenvalue weighted by Crippen LogP contribution is 2.23. The molecule has 0 fully saturated rings. The Morgan fingerprint density at radius 1 is 1.06 bits per heavy atom. The molecule has 0 saturated carbocycles. The van der Waals surface area contributed by atoms with Crippen LogP contribution in [0.1, 0.15) is 5.56 Å². The summed E-state index contributed by atoms with van der Waals surface area (Å²) >= 11 is 0. The van der Waals surface area contributed by atoms with Gasteiger partial charge >= 0.3 is 0 Å². The predicted octanol–water partition coefficient (Wildman–Crippen LogP) is 3.80. The molecule has 3 rings (SSSR count). The van der Waals surface area contributed by atoms with Gasteiger partial charge < -0.3 is 4.42 Å². The standard InChI is InChI=1S/C14H11NO/c1-10-4-6-15-13(8-10)12-3-2-11-5-7-16-14(11)9-12/h2-9H,1H3. The second-order valence-corrected chi connectivity index (χ2v) is 3.89. The Hall–Kier alpha value is -2.09. The quantitative estimate of drug-likeness (QED) is 0.609. The van der Waals surface area contributed by atoms with E-state index < -0.39 is 0 Å². The molecule has 0 spiro atoms. The van der Waals surface area contributed by atoms with Crippen LogP contribution in [0.4, 0.5) is 0 Å². The normalized spacial score (nSPS) is 10.8. The van der Waals surface area contributed by atoms with Gasteiger partial charge in [0.15, 0.2) is 0 Å². The molecule has 0 radical (unpaired) electrons. The molecule has 2 heteroatoms. The van der Waals surface area contributed by atoms with Crippen LogP contribution in [-0.4, -0.2) is 4.98 Å². The molecule has 78 valence electrons. The fourth-order valence-corrected chi connectivity index (χ4v) is 1.81. The van der Waals surface area contributed by atoms with Gasteiger partial charge in [-0.2, -0.15) is 0 Å². The first-order valence-corrected chi connectivity index (χ1v) is 5.23. The van der Waals surface area contributed by atoms with E-state index in [1.54, 1.807) is 6.26 Å². The number of furan rings is 1. The molecule has 0 unspecified atom stereocenters. The Kier molecular flexibility index (Phi) is 2.00. The van der Waals surface area contributed by atoms with E-state index >= 15 is 0 Å². The first kappa shape index (κ1) is 9.16. The van der Waals surface area contributed by atoms with Gasteiger partial charge in [-0.1, -0.05) is 12.1 Å². The molecule has 2 aromatic heterocycles. The van der Waals surface area contributed by atoms with E-state index in [2.05, 4.69) is 30.1 Å². The monoisotopic (exact) mass is 209 g/mol. The van der Waals surface area contributed by atoms with E-state index in [4.69, 9.17) is 4.42 Å². The average molecular weight is 209 g/mol. The molecule has 0 aliphatic rings. The lowest BCUT2D eigenvalue weighted by atomic mass is 10.1. The second-order valence-electron chi connectivity index (χ2n) is 3.89. The third-order valence-electron chi connectivity index (χ3n) is 2.67. The van der Waals surface area contributed by atoms with Gasteiger partial charge in [-0.3, -0.25) is 4.98 Å². The van der Waals surface area contributed by atoms with Gasteiger partial charge in [0.1, 0.15) is 5.58 Å². The first-order chi connectivity index (χ1) is 7.83. The van der Waals surface area contributed by atoms with E-state index in [1.807, 2.05) is 24.4 Å². The zero-order valence-corrected chi connectivity index (χ0v) is 8.97. The fourth-order valence-electron chi connectivity index (χ4n) is 1.81. The maximum Gasteiger partial charge on any atom is 0.134 e. The van der Waals surface area contributed by atoms with Crippen molar-refractivity contribution in [2.24, 2.45) is 0 Å². The minimum atomic E-state index is 0.904. The minimum Gasteiger partial charge on any atom is -0.464 e. The van der Waals surface area contributed by atoms with E-state index in [9.17, 15) is 0 Å². The lowest BCUT2D eigenvalue weighted by Gasteiger charge is -2.01. The number of pyridine rings is 1. The van der Waals surface area contributed by atoms with Crippen LogP contribution < -0.4 is 0 Å². The molecule has 0 aliphatic heterocycles. The van der Waals surface area contributed by atoms with Crippen molar-refractivity contribution < 1.29 is 4.42 Å². The number of benzene rings is 1. The molecule has 0 amide bonds. The van der Waals surface area contributed by atoms with Gasteiger partial charge in [0.25, 0.3) is 0 Å². The molecule has 2 heterocycles. The minimum absolute atomic E-state index is 0.904. The van der Waals surface area contributed by atoms with Crippen LogP contribution in [-0.2, 0) is 0 Å². The van der Waals surface area contributed by atoms with Crippen molar-refractivity contribution in [1.29, 1.82) is 0 Å². The van der Waals surface area contributed by atoms with Crippen molar-refractivity contribution in [3.8, 4) is 11.3 Å². The van der Waals surface area contributed by atoms with E-state index in [0.717, 1.165) is 22.2 Å². The van der Waals surface area contributed by atoms with Crippen molar-refractivity contribution in [2.45, 2.75) is 6.92 Å². The summed E-state index contributed by atoms with van der Waals surface area (Å²) < 4.78 is 5.38. The maximum absolute atomic E-state index is 5.38. The third kappa shape index (κ3) is 1.48. The van der Waals surface area contributed by atoms with Gasteiger partial charge in [-0.05, 0) is 36.8 Å². The van der Waals surface area contributed by atoms with Crippen molar-refractivity contribution in [3.63, 3.8) is 0 Å². The summed E-state index contributed by atoms with van der Waals surface area (Å²) in [6.45, 7) is 2.07. The Labute approximate surface area is 93.5 Å². The highest BCUT2D eigenvalue weighted by Gasteiger charge is 2.02. The zero-order chi connectivity index (χ0) is 11.0. The van der Waals surface area contributed by atoms with Gasteiger partial charge in [0, 0.05) is 17.1 Å². The van der Waals surface area contributed by atoms with E-state index in [1.165, 1.54) is 5.56 Å². The third-order valence-corrected chi connectivity index (χ3v) is 2.67. The SMILES string of the molecule is Cc1ccnc(-c2ccc3ccoc3c2)c1. The number of fused-ring (bicyclic) bond motifs is 1. The Bertz CT molecular complexity index is 640. The molecule has 2 nitrogen and oxygen atoms in total. The molecule has 0 saturated heterocycles. The van der Waals surface area contributed by atoms with Crippen molar-refractivity contribution in [3.05, 3.63) is 54.4 Å². The number of hydrogen-bond donors (Lipinski definition) is 0. The highest BCUT2D eigenvalue weighted by molar-refractivity contribution is 5.82. The molecule has 16 heavy (non-hydrogen) atoms. The van der Waals surface area contributed by atoms with Gasteiger partial charge in [-0.25, -0.2) is 0 Å².